The number of hydrogen-bond acceptors (Lipinski definition) is 6. The summed E-state index contributed by atoms with van der Waals surface area (Å²) >= 11 is 0. The molecule has 4 aromatic rings. The molecule has 0 bridgehead atoms. The molecule has 0 radical (unpaired) electrons. The number of aromatic nitrogens is 5. The van der Waals surface area contributed by atoms with Gasteiger partial charge in [-0.1, -0.05) is 0 Å². The van der Waals surface area contributed by atoms with Crippen LogP contribution in [0.4, 0.5) is 5.82 Å². The van der Waals surface area contributed by atoms with Gasteiger partial charge in [0.1, 0.15) is 17.5 Å². The second-order valence-corrected chi connectivity index (χ2v) is 6.68. The maximum absolute atomic E-state index is 13.2. The van der Waals surface area contributed by atoms with Gasteiger partial charge in [-0.2, -0.15) is 9.61 Å². The molecule has 4 rings (SSSR count). The van der Waals surface area contributed by atoms with Crippen molar-refractivity contribution in [3.05, 3.63) is 46.5 Å². The van der Waals surface area contributed by atoms with E-state index in [1.165, 1.54) is 10.8 Å². The van der Waals surface area contributed by atoms with Crippen LogP contribution in [0.1, 0.15) is 5.56 Å². The molecule has 2 N–H and O–H groups in total. The second-order valence-electron chi connectivity index (χ2n) is 6.68. The Morgan fingerprint density at radius 1 is 1.31 bits per heavy atom. The lowest BCUT2D eigenvalue weighted by Crippen LogP contribution is -2.16. The Hall–Kier alpha value is -3.66. The highest BCUT2D eigenvalue weighted by Gasteiger charge is 2.22. The third kappa shape index (κ3) is 3.13. The van der Waals surface area contributed by atoms with Gasteiger partial charge < -0.3 is 14.7 Å². The summed E-state index contributed by atoms with van der Waals surface area (Å²) in [6.07, 6.45) is 3.27. The average molecular weight is 395 g/mol. The summed E-state index contributed by atoms with van der Waals surface area (Å²) in [6.45, 7) is -0.0896. The molecule has 3 aromatic heterocycles. The number of aliphatic imine (C=N–C) groups is 1. The van der Waals surface area contributed by atoms with Crippen LogP contribution < -0.4 is 10.3 Å². The van der Waals surface area contributed by atoms with E-state index in [1.807, 2.05) is 38.4 Å². The van der Waals surface area contributed by atoms with Crippen molar-refractivity contribution in [2.75, 3.05) is 27.8 Å². The van der Waals surface area contributed by atoms with Gasteiger partial charge in [-0.15, -0.1) is 0 Å². The van der Waals surface area contributed by atoms with Crippen LogP contribution in [-0.4, -0.2) is 68.5 Å². The van der Waals surface area contributed by atoms with Crippen LogP contribution in [0, 0.1) is 0 Å². The molecule has 0 spiro atoms. The molecule has 0 amide bonds. The number of fused-ring (bicyclic) bond motifs is 2. The van der Waals surface area contributed by atoms with E-state index in [0.29, 0.717) is 34.4 Å². The Morgan fingerprint density at radius 3 is 2.72 bits per heavy atom. The van der Waals surface area contributed by atoms with Crippen LogP contribution in [0.3, 0.4) is 0 Å². The van der Waals surface area contributed by atoms with Gasteiger partial charge >= 0.3 is 0 Å². The zero-order chi connectivity index (χ0) is 20.5. The molecule has 0 aliphatic heterocycles. The minimum Gasteiger partial charge on any atom is -0.497 e. The van der Waals surface area contributed by atoms with E-state index in [9.17, 15) is 9.90 Å². The first-order valence-corrected chi connectivity index (χ1v) is 9.00. The fourth-order valence-electron chi connectivity index (χ4n) is 3.24. The summed E-state index contributed by atoms with van der Waals surface area (Å²) in [7, 11) is 5.30. The Kier molecular flexibility index (Phi) is 4.77. The van der Waals surface area contributed by atoms with Crippen molar-refractivity contribution in [2.45, 2.75) is 6.42 Å². The van der Waals surface area contributed by atoms with Gasteiger partial charge in [0.25, 0.3) is 5.56 Å². The number of ether oxygens (including phenoxy) is 1. The van der Waals surface area contributed by atoms with E-state index < -0.39 is 0 Å². The number of aliphatic hydroxyl groups excluding tert-OH is 1. The maximum atomic E-state index is 13.2. The van der Waals surface area contributed by atoms with Crippen LogP contribution in [0.2, 0.25) is 0 Å². The molecule has 0 atom stereocenters. The first-order chi connectivity index (χ1) is 14.0. The molecule has 3 heterocycles. The largest absolute Gasteiger partial charge is 0.497 e. The van der Waals surface area contributed by atoms with Crippen molar-refractivity contribution in [3.8, 4) is 11.4 Å². The molecule has 0 unspecified atom stereocenters. The SMILES string of the molecule is COc1ccc(-n2[nH]c3c(CCO)c4ncnn4c(=O)c3c2/N=C/N(C)C)cc1. The Labute approximate surface area is 165 Å². The highest BCUT2D eigenvalue weighted by atomic mass is 16.5. The summed E-state index contributed by atoms with van der Waals surface area (Å²) in [5.41, 5.74) is 2.14. The molecule has 1 aromatic carbocycles. The van der Waals surface area contributed by atoms with Gasteiger partial charge in [0.05, 0.1) is 24.7 Å². The van der Waals surface area contributed by atoms with Gasteiger partial charge in [-0.05, 0) is 24.3 Å². The van der Waals surface area contributed by atoms with Gasteiger partial charge in [-0.25, -0.2) is 14.7 Å². The number of methoxy groups -OCH3 is 1. The molecule has 0 aliphatic carbocycles. The van der Waals surface area contributed by atoms with E-state index in [-0.39, 0.29) is 12.2 Å². The third-order valence-corrected chi connectivity index (χ3v) is 4.54. The number of aromatic amines is 1. The molecular formula is C19H21N7O3. The van der Waals surface area contributed by atoms with Crippen molar-refractivity contribution < 1.29 is 9.84 Å². The van der Waals surface area contributed by atoms with Gasteiger partial charge in [-0.3, -0.25) is 9.89 Å². The molecule has 29 heavy (non-hydrogen) atoms. The summed E-state index contributed by atoms with van der Waals surface area (Å²) < 4.78 is 8.20. The molecule has 0 saturated heterocycles. The summed E-state index contributed by atoms with van der Waals surface area (Å²) in [5, 5.41) is 17.3. The van der Waals surface area contributed by atoms with E-state index in [1.54, 1.807) is 23.0 Å². The topological polar surface area (TPSA) is 113 Å². The molecule has 0 saturated carbocycles. The second kappa shape index (κ2) is 7.40. The standard InChI is InChI=1S/C19H21N7O3/c1-24(2)11-21-18-15-16(23-25(18)12-4-6-13(29-3)7-5-12)14(8-9-27)17-20-10-22-26(17)19(15)28/h4-7,10-11,23,27H,8-9H2,1-3H3/b21-11+. The number of nitrogens with one attached hydrogen (secondary N) is 1. The van der Waals surface area contributed by atoms with Crippen molar-refractivity contribution in [1.29, 1.82) is 0 Å². The minimum absolute atomic E-state index is 0.0896. The number of benzene rings is 1. The van der Waals surface area contributed by atoms with Crippen molar-refractivity contribution >= 4 is 28.7 Å². The zero-order valence-electron chi connectivity index (χ0n) is 16.3. The summed E-state index contributed by atoms with van der Waals surface area (Å²) in [6, 6.07) is 7.38. The number of nitrogens with zero attached hydrogens (tertiary/aromatic N) is 6. The van der Waals surface area contributed by atoms with Crippen molar-refractivity contribution in [2.24, 2.45) is 4.99 Å². The summed E-state index contributed by atoms with van der Waals surface area (Å²) in [5.74, 6) is 1.15. The highest BCUT2D eigenvalue weighted by Crippen LogP contribution is 2.30. The lowest BCUT2D eigenvalue weighted by Gasteiger charge is -2.08. The van der Waals surface area contributed by atoms with Crippen molar-refractivity contribution in [3.63, 3.8) is 0 Å². The first-order valence-electron chi connectivity index (χ1n) is 9.00. The number of pyridine rings is 1. The summed E-state index contributed by atoms with van der Waals surface area (Å²) in [4.78, 5) is 23.7. The number of hydrogen-bond donors (Lipinski definition) is 2. The van der Waals surface area contributed by atoms with E-state index >= 15 is 0 Å². The quantitative estimate of drug-likeness (QED) is 0.374. The predicted octanol–water partition coefficient (Wildman–Crippen LogP) is 1.13. The zero-order valence-corrected chi connectivity index (χ0v) is 16.3. The van der Waals surface area contributed by atoms with Gasteiger partial charge in [0, 0.05) is 32.7 Å². The Bertz CT molecular complexity index is 1250. The molecule has 0 fully saturated rings. The van der Waals surface area contributed by atoms with Gasteiger partial charge in [0.2, 0.25) is 0 Å². The maximum Gasteiger partial charge on any atom is 0.286 e. The minimum atomic E-state index is -0.330. The molecule has 10 nitrogen and oxygen atoms in total. The van der Waals surface area contributed by atoms with Crippen molar-refractivity contribution in [1.82, 2.24) is 29.3 Å². The van der Waals surface area contributed by atoms with Crippen LogP contribution in [0.25, 0.3) is 22.2 Å². The average Bonchev–Trinajstić information content (AvgIpc) is 3.35. The predicted molar refractivity (Wildman–Crippen MR) is 110 cm³/mol. The molecular weight excluding hydrogens is 374 g/mol. The van der Waals surface area contributed by atoms with Gasteiger partial charge in [0.15, 0.2) is 11.5 Å². The van der Waals surface area contributed by atoms with E-state index in [4.69, 9.17) is 4.74 Å². The fourth-order valence-corrected chi connectivity index (χ4v) is 3.24. The number of aliphatic hydroxyl groups is 1. The Morgan fingerprint density at radius 2 is 2.07 bits per heavy atom. The number of rotatable bonds is 6. The Balaban J connectivity index is 2.09. The lowest BCUT2D eigenvalue weighted by molar-refractivity contribution is 0.300. The fraction of sp³-hybridized carbons (Fsp3) is 0.263. The lowest BCUT2D eigenvalue weighted by atomic mass is 10.1. The first kappa shape index (κ1) is 18.7. The monoisotopic (exact) mass is 395 g/mol. The molecule has 10 heteroatoms. The van der Waals surface area contributed by atoms with Crippen LogP contribution in [0.15, 0.2) is 40.4 Å². The van der Waals surface area contributed by atoms with Crippen LogP contribution in [0.5, 0.6) is 5.75 Å². The molecule has 150 valence electrons. The normalized spacial score (nSPS) is 11.7. The highest BCUT2D eigenvalue weighted by molar-refractivity contribution is 5.94. The van der Waals surface area contributed by atoms with E-state index in [0.717, 1.165) is 11.4 Å². The number of H-pyrrole nitrogens is 1. The van der Waals surface area contributed by atoms with E-state index in [2.05, 4.69) is 20.2 Å². The van der Waals surface area contributed by atoms with Crippen LogP contribution >= 0.6 is 0 Å². The van der Waals surface area contributed by atoms with Crippen LogP contribution in [-0.2, 0) is 6.42 Å². The smallest absolute Gasteiger partial charge is 0.286 e. The molecule has 0 aliphatic rings. The third-order valence-electron chi connectivity index (χ3n) is 4.54.